The van der Waals surface area contributed by atoms with E-state index in [9.17, 15) is 0 Å². The minimum atomic E-state index is 0.141. The number of fused-ring (bicyclic) bond motifs is 2. The monoisotopic (exact) mass is 294 g/mol. The van der Waals surface area contributed by atoms with E-state index in [2.05, 4.69) is 28.1 Å². The van der Waals surface area contributed by atoms with E-state index in [0.29, 0.717) is 11.4 Å². The molecule has 0 aromatic carbocycles. The van der Waals surface area contributed by atoms with Gasteiger partial charge < -0.3 is 9.47 Å². The van der Waals surface area contributed by atoms with E-state index in [1.165, 1.54) is 0 Å². The molecule has 0 aromatic rings. The van der Waals surface area contributed by atoms with Crippen LogP contribution < -0.4 is 0 Å². The molecule has 2 rings (SSSR count). The molecule has 15 heavy (non-hydrogen) atoms. The van der Waals surface area contributed by atoms with Crippen molar-refractivity contribution in [3.8, 4) is 0 Å². The summed E-state index contributed by atoms with van der Waals surface area (Å²) in [5, 5.41) is 0.141. The molecule has 0 unspecified atom stereocenters. The summed E-state index contributed by atoms with van der Waals surface area (Å²) in [6, 6.07) is 0. The topological polar surface area (TPSA) is 18.5 Å². The minimum Gasteiger partial charge on any atom is -0.377 e. The third-order valence-electron chi connectivity index (χ3n) is 2.90. The van der Waals surface area contributed by atoms with Crippen molar-refractivity contribution in [1.82, 2.24) is 0 Å². The van der Waals surface area contributed by atoms with Crippen molar-refractivity contribution in [1.29, 1.82) is 0 Å². The van der Waals surface area contributed by atoms with Crippen LogP contribution in [0.5, 0.6) is 0 Å². The van der Waals surface area contributed by atoms with Crippen molar-refractivity contribution in [2.75, 3.05) is 13.2 Å². The largest absolute Gasteiger partial charge is 0.377 e. The molecule has 0 aliphatic carbocycles. The zero-order chi connectivity index (χ0) is 10.7. The Morgan fingerprint density at radius 2 is 2.13 bits per heavy atom. The smallest absolute Gasteiger partial charge is 0.0765 e. The Bertz CT molecular complexity index is 235. The van der Waals surface area contributed by atoms with Gasteiger partial charge >= 0.3 is 0 Å². The van der Waals surface area contributed by atoms with Crippen LogP contribution in [0.2, 0.25) is 0 Å². The van der Waals surface area contributed by atoms with Crippen LogP contribution in [0.25, 0.3) is 0 Å². The Balaban J connectivity index is 1.99. The minimum absolute atomic E-state index is 0.141. The summed E-state index contributed by atoms with van der Waals surface area (Å²) in [6.07, 6.45) is 7.45. The Hall–Kier alpha value is 0.430. The number of allylic oxidation sites excluding steroid dienone is 1. The van der Waals surface area contributed by atoms with Crippen LogP contribution in [0.4, 0.5) is 0 Å². The van der Waals surface area contributed by atoms with Crippen molar-refractivity contribution in [3.63, 3.8) is 0 Å². The fourth-order valence-electron chi connectivity index (χ4n) is 2.02. The fraction of sp³-hybridized carbons (Fsp3) is 0.818. The van der Waals surface area contributed by atoms with Crippen LogP contribution in [-0.2, 0) is 9.47 Å². The van der Waals surface area contributed by atoms with E-state index in [1.54, 1.807) is 0 Å². The lowest BCUT2D eigenvalue weighted by Crippen LogP contribution is -2.21. The van der Waals surface area contributed by atoms with Crippen molar-refractivity contribution in [2.45, 2.75) is 41.7 Å². The molecule has 2 aliphatic heterocycles. The van der Waals surface area contributed by atoms with Gasteiger partial charge in [-0.15, -0.1) is 11.6 Å². The van der Waals surface area contributed by atoms with Crippen LogP contribution in [0.1, 0.15) is 19.3 Å². The third-order valence-corrected chi connectivity index (χ3v) is 4.33. The number of alkyl halides is 2. The Kier molecular flexibility index (Phi) is 4.50. The summed E-state index contributed by atoms with van der Waals surface area (Å²) < 4.78 is 11.4. The van der Waals surface area contributed by atoms with Gasteiger partial charge in [-0.25, -0.2) is 0 Å². The maximum absolute atomic E-state index is 6.25. The molecule has 0 radical (unpaired) electrons. The van der Waals surface area contributed by atoms with Crippen LogP contribution in [-0.4, -0.2) is 35.6 Å². The molecule has 1 fully saturated rings. The van der Waals surface area contributed by atoms with E-state index in [-0.39, 0.29) is 17.6 Å². The molecular formula is C11H16BrClO2. The van der Waals surface area contributed by atoms with Gasteiger partial charge in [-0.3, -0.25) is 0 Å². The molecule has 1 saturated heterocycles. The van der Waals surface area contributed by atoms with Gasteiger partial charge in [-0.1, -0.05) is 28.1 Å². The van der Waals surface area contributed by atoms with E-state index in [1.807, 2.05) is 0 Å². The molecule has 2 bridgehead atoms. The second kappa shape index (κ2) is 5.67. The van der Waals surface area contributed by atoms with Gasteiger partial charge in [-0.05, 0) is 19.3 Å². The normalized spacial score (nSPS) is 44.7. The molecule has 0 spiro atoms. The third kappa shape index (κ3) is 3.19. The highest BCUT2D eigenvalue weighted by molar-refractivity contribution is 9.09. The lowest BCUT2D eigenvalue weighted by Gasteiger charge is -2.17. The van der Waals surface area contributed by atoms with Gasteiger partial charge in [0.25, 0.3) is 0 Å². The van der Waals surface area contributed by atoms with Gasteiger partial charge in [0.1, 0.15) is 0 Å². The standard InChI is InChI=1S/C11H16BrClO2/c12-8-3-1-2-5-14-6-4-10-9(13)7-11(8)15-10/h1-2,8-11H,3-7H2/b2-1+/t8-,9+,10+,11-/m1/s1. The lowest BCUT2D eigenvalue weighted by molar-refractivity contribution is 0.0246. The summed E-state index contributed by atoms with van der Waals surface area (Å²) in [5.74, 6) is 0. The van der Waals surface area contributed by atoms with E-state index >= 15 is 0 Å². The average molecular weight is 296 g/mol. The van der Waals surface area contributed by atoms with Crippen molar-refractivity contribution < 1.29 is 9.47 Å². The Morgan fingerprint density at radius 1 is 1.27 bits per heavy atom. The first-order valence-electron chi connectivity index (χ1n) is 5.43. The van der Waals surface area contributed by atoms with E-state index < -0.39 is 0 Å². The van der Waals surface area contributed by atoms with Crippen molar-refractivity contribution in [3.05, 3.63) is 12.2 Å². The molecular weight excluding hydrogens is 279 g/mol. The molecule has 0 amide bonds. The summed E-state index contributed by atoms with van der Waals surface area (Å²) >= 11 is 9.92. The molecule has 0 saturated carbocycles. The molecule has 4 heteroatoms. The molecule has 4 atom stereocenters. The van der Waals surface area contributed by atoms with Crippen molar-refractivity contribution >= 4 is 27.5 Å². The predicted octanol–water partition coefficient (Wildman–Crippen LogP) is 2.88. The van der Waals surface area contributed by atoms with Crippen LogP contribution in [0.15, 0.2) is 12.2 Å². The van der Waals surface area contributed by atoms with Gasteiger partial charge in [0.2, 0.25) is 0 Å². The van der Waals surface area contributed by atoms with Crippen LogP contribution >= 0.6 is 27.5 Å². The summed E-state index contributed by atoms with van der Waals surface area (Å²) in [7, 11) is 0. The summed E-state index contributed by atoms with van der Waals surface area (Å²) in [6.45, 7) is 1.43. The first-order valence-corrected chi connectivity index (χ1v) is 6.79. The second-order valence-electron chi connectivity index (χ2n) is 4.05. The van der Waals surface area contributed by atoms with Crippen LogP contribution in [0.3, 0.4) is 0 Å². The molecule has 2 nitrogen and oxygen atoms in total. The average Bonchev–Trinajstić information content (AvgIpc) is 2.55. The lowest BCUT2D eigenvalue weighted by atomic mass is 10.1. The zero-order valence-corrected chi connectivity index (χ0v) is 10.9. The molecule has 86 valence electrons. The summed E-state index contributed by atoms with van der Waals surface area (Å²) in [5.41, 5.74) is 0. The maximum Gasteiger partial charge on any atom is 0.0765 e. The molecule has 2 heterocycles. The number of rotatable bonds is 0. The number of hydrogen-bond donors (Lipinski definition) is 0. The fourth-order valence-corrected chi connectivity index (χ4v) is 2.93. The van der Waals surface area contributed by atoms with Gasteiger partial charge in [0.05, 0.1) is 24.2 Å². The maximum atomic E-state index is 6.25. The SMILES string of the molecule is Cl[C@H]1C[C@H]2O[C@H]1CCOC/C=C/C[C@H]2Br. The molecule has 0 N–H and O–H groups in total. The quantitative estimate of drug-likeness (QED) is 0.505. The first kappa shape index (κ1) is 11.9. The Morgan fingerprint density at radius 3 is 3.00 bits per heavy atom. The van der Waals surface area contributed by atoms with E-state index in [0.717, 1.165) is 25.9 Å². The molecule has 0 aromatic heterocycles. The predicted molar refractivity (Wildman–Crippen MR) is 64.8 cm³/mol. The zero-order valence-electron chi connectivity index (χ0n) is 8.57. The van der Waals surface area contributed by atoms with Gasteiger partial charge in [0.15, 0.2) is 0 Å². The Labute approximate surface area is 104 Å². The van der Waals surface area contributed by atoms with Crippen LogP contribution in [0, 0.1) is 0 Å². The number of ether oxygens (including phenoxy) is 2. The molecule has 2 aliphatic rings. The number of hydrogen-bond acceptors (Lipinski definition) is 2. The highest BCUT2D eigenvalue weighted by atomic mass is 79.9. The van der Waals surface area contributed by atoms with Crippen molar-refractivity contribution in [2.24, 2.45) is 0 Å². The second-order valence-corrected chi connectivity index (χ2v) is 5.79. The van der Waals surface area contributed by atoms with Gasteiger partial charge in [0, 0.05) is 11.4 Å². The first-order chi connectivity index (χ1) is 7.27. The highest BCUT2D eigenvalue weighted by Gasteiger charge is 2.36. The van der Waals surface area contributed by atoms with Gasteiger partial charge in [-0.2, -0.15) is 0 Å². The summed E-state index contributed by atoms with van der Waals surface area (Å²) in [4.78, 5) is 0.373. The highest BCUT2D eigenvalue weighted by Crippen LogP contribution is 2.32. The van der Waals surface area contributed by atoms with E-state index in [4.69, 9.17) is 21.1 Å². The number of halogens is 2.